The molecular formula is C13H10BrClIN. The summed E-state index contributed by atoms with van der Waals surface area (Å²) in [4.78, 5) is 0. The second kappa shape index (κ2) is 6.07. The molecule has 0 atom stereocenters. The van der Waals surface area contributed by atoms with Crippen molar-refractivity contribution in [3.63, 3.8) is 0 Å². The Morgan fingerprint density at radius 3 is 2.47 bits per heavy atom. The molecule has 4 heteroatoms. The van der Waals surface area contributed by atoms with Gasteiger partial charge in [-0.15, -0.1) is 0 Å². The van der Waals surface area contributed by atoms with E-state index in [-0.39, 0.29) is 0 Å². The van der Waals surface area contributed by atoms with Crippen LogP contribution in [0.1, 0.15) is 5.56 Å². The Morgan fingerprint density at radius 2 is 1.82 bits per heavy atom. The molecule has 2 aromatic rings. The van der Waals surface area contributed by atoms with Crippen LogP contribution in [0.5, 0.6) is 0 Å². The highest BCUT2D eigenvalue weighted by Gasteiger charge is 1.99. The molecule has 0 bridgehead atoms. The van der Waals surface area contributed by atoms with E-state index < -0.39 is 0 Å². The minimum absolute atomic E-state index is 0.720. The summed E-state index contributed by atoms with van der Waals surface area (Å²) in [5.74, 6) is 0. The Hall–Kier alpha value is -0.260. The molecule has 0 aromatic heterocycles. The Labute approximate surface area is 128 Å². The molecule has 17 heavy (non-hydrogen) atoms. The number of hydrogen-bond acceptors (Lipinski definition) is 1. The number of hydrogen-bond donors (Lipinski definition) is 1. The molecule has 0 spiro atoms. The van der Waals surface area contributed by atoms with Gasteiger partial charge in [-0.3, -0.25) is 0 Å². The van der Waals surface area contributed by atoms with Gasteiger partial charge in [-0.2, -0.15) is 0 Å². The SMILES string of the molecule is Clc1cc(NCc2ccc(I)cc2)ccc1Br. The lowest BCUT2D eigenvalue weighted by Crippen LogP contribution is -1.99. The highest BCUT2D eigenvalue weighted by Crippen LogP contribution is 2.25. The minimum atomic E-state index is 0.720. The van der Waals surface area contributed by atoms with Gasteiger partial charge in [-0.25, -0.2) is 0 Å². The van der Waals surface area contributed by atoms with Crippen LogP contribution in [0.3, 0.4) is 0 Å². The van der Waals surface area contributed by atoms with Crippen LogP contribution >= 0.6 is 50.1 Å². The van der Waals surface area contributed by atoms with E-state index in [0.717, 1.165) is 21.7 Å². The third kappa shape index (κ3) is 3.86. The minimum Gasteiger partial charge on any atom is -0.381 e. The summed E-state index contributed by atoms with van der Waals surface area (Å²) in [5.41, 5.74) is 2.28. The van der Waals surface area contributed by atoms with E-state index in [1.165, 1.54) is 9.13 Å². The van der Waals surface area contributed by atoms with Crippen molar-refractivity contribution in [2.75, 3.05) is 5.32 Å². The molecule has 1 N–H and O–H groups in total. The van der Waals surface area contributed by atoms with Crippen LogP contribution < -0.4 is 5.32 Å². The summed E-state index contributed by atoms with van der Waals surface area (Å²) in [7, 11) is 0. The van der Waals surface area contributed by atoms with Gasteiger partial charge < -0.3 is 5.32 Å². The maximum atomic E-state index is 6.03. The van der Waals surface area contributed by atoms with Crippen LogP contribution in [0.4, 0.5) is 5.69 Å². The Balaban J connectivity index is 2.02. The largest absolute Gasteiger partial charge is 0.381 e. The molecule has 1 nitrogen and oxygen atoms in total. The highest BCUT2D eigenvalue weighted by atomic mass is 127. The van der Waals surface area contributed by atoms with E-state index in [9.17, 15) is 0 Å². The monoisotopic (exact) mass is 421 g/mol. The molecule has 0 fully saturated rings. The van der Waals surface area contributed by atoms with Gasteiger partial charge in [0.25, 0.3) is 0 Å². The summed E-state index contributed by atoms with van der Waals surface area (Å²) in [6.45, 7) is 0.800. The van der Waals surface area contributed by atoms with E-state index in [0.29, 0.717) is 0 Å². The van der Waals surface area contributed by atoms with Gasteiger partial charge in [0, 0.05) is 20.3 Å². The molecule has 0 radical (unpaired) electrons. The van der Waals surface area contributed by atoms with E-state index in [2.05, 4.69) is 68.1 Å². The highest BCUT2D eigenvalue weighted by molar-refractivity contribution is 14.1. The van der Waals surface area contributed by atoms with Crippen molar-refractivity contribution in [3.05, 3.63) is 61.1 Å². The van der Waals surface area contributed by atoms with Crippen LogP contribution in [0.2, 0.25) is 5.02 Å². The van der Waals surface area contributed by atoms with Crippen molar-refractivity contribution in [2.24, 2.45) is 0 Å². The van der Waals surface area contributed by atoms with E-state index in [1.807, 2.05) is 18.2 Å². The standard InChI is InChI=1S/C13H10BrClIN/c14-12-6-5-11(7-13(12)15)17-8-9-1-3-10(16)4-2-9/h1-7,17H,8H2. The van der Waals surface area contributed by atoms with Crippen LogP contribution in [0.15, 0.2) is 46.9 Å². The zero-order valence-corrected chi connectivity index (χ0v) is 13.4. The average molecular weight is 422 g/mol. The maximum absolute atomic E-state index is 6.03. The summed E-state index contributed by atoms with van der Waals surface area (Å²) in [6, 6.07) is 14.3. The number of nitrogens with one attached hydrogen (secondary N) is 1. The second-order valence-electron chi connectivity index (χ2n) is 3.61. The van der Waals surface area contributed by atoms with Crippen molar-refractivity contribution >= 4 is 55.8 Å². The molecule has 0 saturated heterocycles. The zero-order valence-electron chi connectivity index (χ0n) is 8.88. The van der Waals surface area contributed by atoms with Gasteiger partial charge in [-0.1, -0.05) is 23.7 Å². The lowest BCUT2D eigenvalue weighted by molar-refractivity contribution is 1.15. The number of halogens is 3. The van der Waals surface area contributed by atoms with Gasteiger partial charge in [0.15, 0.2) is 0 Å². The lowest BCUT2D eigenvalue weighted by atomic mass is 10.2. The van der Waals surface area contributed by atoms with Gasteiger partial charge in [0.05, 0.1) is 5.02 Å². The quantitative estimate of drug-likeness (QED) is 0.661. The zero-order chi connectivity index (χ0) is 12.3. The summed E-state index contributed by atoms with van der Waals surface area (Å²) >= 11 is 11.7. The molecule has 0 heterocycles. The topological polar surface area (TPSA) is 12.0 Å². The molecule has 0 unspecified atom stereocenters. The van der Waals surface area contributed by atoms with Crippen LogP contribution in [0.25, 0.3) is 0 Å². The molecule has 2 rings (SSSR count). The van der Waals surface area contributed by atoms with Gasteiger partial charge in [0.2, 0.25) is 0 Å². The fourth-order valence-corrected chi connectivity index (χ4v) is 2.20. The van der Waals surface area contributed by atoms with Crippen LogP contribution in [-0.2, 0) is 6.54 Å². The number of rotatable bonds is 3. The third-order valence-corrected chi connectivity index (χ3v) is 4.28. The average Bonchev–Trinajstić information content (AvgIpc) is 2.33. The Bertz CT molecular complexity index is 513. The van der Waals surface area contributed by atoms with Gasteiger partial charge in [-0.05, 0) is 74.4 Å². The van der Waals surface area contributed by atoms with E-state index in [1.54, 1.807) is 0 Å². The van der Waals surface area contributed by atoms with E-state index >= 15 is 0 Å². The molecular weight excluding hydrogens is 412 g/mol. The van der Waals surface area contributed by atoms with Crippen LogP contribution in [-0.4, -0.2) is 0 Å². The summed E-state index contributed by atoms with van der Waals surface area (Å²) < 4.78 is 2.16. The first kappa shape index (κ1) is 13.2. The smallest absolute Gasteiger partial charge is 0.0568 e. The first-order chi connectivity index (χ1) is 8.15. The Kier molecular flexibility index (Phi) is 4.70. The van der Waals surface area contributed by atoms with Crippen molar-refractivity contribution in [3.8, 4) is 0 Å². The first-order valence-electron chi connectivity index (χ1n) is 5.08. The van der Waals surface area contributed by atoms with Crippen molar-refractivity contribution in [1.29, 1.82) is 0 Å². The normalized spacial score (nSPS) is 10.3. The molecule has 0 aliphatic carbocycles. The number of anilines is 1. The van der Waals surface area contributed by atoms with Crippen molar-refractivity contribution < 1.29 is 0 Å². The predicted octanol–water partition coefficient (Wildman–Crippen LogP) is 5.32. The molecule has 0 aliphatic rings. The maximum Gasteiger partial charge on any atom is 0.0568 e. The molecule has 0 amide bonds. The summed E-state index contributed by atoms with van der Waals surface area (Å²) in [6.07, 6.45) is 0. The second-order valence-corrected chi connectivity index (χ2v) is 6.12. The van der Waals surface area contributed by atoms with Gasteiger partial charge in [0.1, 0.15) is 0 Å². The Morgan fingerprint density at radius 1 is 1.12 bits per heavy atom. The van der Waals surface area contributed by atoms with Crippen LogP contribution in [0, 0.1) is 3.57 Å². The predicted molar refractivity (Wildman–Crippen MR) is 85.6 cm³/mol. The number of benzene rings is 2. The van der Waals surface area contributed by atoms with Gasteiger partial charge >= 0.3 is 0 Å². The van der Waals surface area contributed by atoms with Crippen molar-refractivity contribution in [2.45, 2.75) is 6.54 Å². The van der Waals surface area contributed by atoms with E-state index in [4.69, 9.17) is 11.6 Å². The lowest BCUT2D eigenvalue weighted by Gasteiger charge is -2.07. The molecule has 0 saturated carbocycles. The fourth-order valence-electron chi connectivity index (χ4n) is 1.41. The fraction of sp³-hybridized carbons (Fsp3) is 0.0769. The molecule has 88 valence electrons. The molecule has 0 aliphatic heterocycles. The third-order valence-electron chi connectivity index (χ3n) is 2.33. The summed E-state index contributed by atoms with van der Waals surface area (Å²) in [5, 5.41) is 4.06. The molecule has 2 aromatic carbocycles. The van der Waals surface area contributed by atoms with Crippen molar-refractivity contribution in [1.82, 2.24) is 0 Å². The first-order valence-corrected chi connectivity index (χ1v) is 7.33.